The maximum Gasteiger partial charge on any atom is 0.138 e. The second-order valence-electron chi connectivity index (χ2n) is 6.17. The summed E-state index contributed by atoms with van der Waals surface area (Å²) in [6.45, 7) is 13.2. The van der Waals surface area contributed by atoms with E-state index in [4.69, 9.17) is 0 Å². The van der Waals surface area contributed by atoms with E-state index in [1.165, 1.54) is 12.8 Å². The van der Waals surface area contributed by atoms with E-state index in [1.54, 1.807) is 6.33 Å². The van der Waals surface area contributed by atoms with Crippen molar-refractivity contribution in [3.63, 3.8) is 0 Å². The van der Waals surface area contributed by atoms with E-state index in [2.05, 4.69) is 54.7 Å². The molecular weight excluding hydrogens is 236 g/mol. The van der Waals surface area contributed by atoms with E-state index >= 15 is 0 Å². The highest BCUT2D eigenvalue weighted by Crippen LogP contribution is 2.27. The second-order valence-corrected chi connectivity index (χ2v) is 6.17. The Labute approximate surface area is 118 Å². The highest BCUT2D eigenvalue weighted by Gasteiger charge is 2.26. The minimum atomic E-state index is 0.261. The normalized spacial score (nSPS) is 14.8. The predicted molar refractivity (Wildman–Crippen MR) is 80.2 cm³/mol. The number of rotatable bonds is 9. The third-order valence-electron chi connectivity index (χ3n) is 3.51. The largest absolute Gasteiger partial charge is 0.314 e. The van der Waals surface area contributed by atoms with Gasteiger partial charge in [0.05, 0.1) is 0 Å². The number of hydrogen-bond acceptors (Lipinski definition) is 3. The maximum atomic E-state index is 4.45. The number of hydrogen-bond donors (Lipinski definition) is 1. The van der Waals surface area contributed by atoms with E-state index in [0.29, 0.717) is 6.04 Å². The van der Waals surface area contributed by atoms with Crippen LogP contribution in [0.15, 0.2) is 6.33 Å². The van der Waals surface area contributed by atoms with E-state index in [-0.39, 0.29) is 5.41 Å². The van der Waals surface area contributed by atoms with Crippen LogP contribution in [0.4, 0.5) is 0 Å². The first kappa shape index (κ1) is 16.2. The Balaban J connectivity index is 2.73. The SMILES string of the molecule is CCCn1ncnc1CC(C)(CCC)CNC(C)C. The van der Waals surface area contributed by atoms with Gasteiger partial charge in [-0.1, -0.05) is 41.0 Å². The first-order valence-corrected chi connectivity index (χ1v) is 7.61. The molecule has 0 saturated carbocycles. The molecule has 1 heterocycles. The van der Waals surface area contributed by atoms with Crippen molar-refractivity contribution in [1.82, 2.24) is 20.1 Å². The molecule has 4 nitrogen and oxygen atoms in total. The molecule has 0 radical (unpaired) electrons. The van der Waals surface area contributed by atoms with Crippen LogP contribution in [0.5, 0.6) is 0 Å². The van der Waals surface area contributed by atoms with Crippen LogP contribution in [-0.4, -0.2) is 27.4 Å². The summed E-state index contributed by atoms with van der Waals surface area (Å²) in [4.78, 5) is 4.45. The number of aromatic nitrogens is 3. The van der Waals surface area contributed by atoms with Gasteiger partial charge in [0.2, 0.25) is 0 Å². The molecule has 1 atom stereocenters. The Morgan fingerprint density at radius 3 is 2.63 bits per heavy atom. The van der Waals surface area contributed by atoms with Gasteiger partial charge in [-0.15, -0.1) is 0 Å². The average molecular weight is 266 g/mol. The number of aryl methyl sites for hydroxylation is 1. The molecule has 1 aromatic rings. The molecule has 1 N–H and O–H groups in total. The minimum absolute atomic E-state index is 0.261. The molecule has 4 heteroatoms. The fourth-order valence-corrected chi connectivity index (χ4v) is 2.50. The Bertz CT molecular complexity index is 359. The summed E-state index contributed by atoms with van der Waals surface area (Å²) in [5.41, 5.74) is 0.261. The van der Waals surface area contributed by atoms with Gasteiger partial charge >= 0.3 is 0 Å². The number of nitrogens with one attached hydrogen (secondary N) is 1. The zero-order valence-electron chi connectivity index (χ0n) is 13.2. The molecule has 1 aromatic heterocycles. The van der Waals surface area contributed by atoms with Crippen molar-refractivity contribution in [1.29, 1.82) is 0 Å². The van der Waals surface area contributed by atoms with E-state index in [1.807, 2.05) is 0 Å². The van der Waals surface area contributed by atoms with Crippen LogP contribution in [0, 0.1) is 5.41 Å². The van der Waals surface area contributed by atoms with Crippen molar-refractivity contribution in [2.75, 3.05) is 6.54 Å². The van der Waals surface area contributed by atoms with Crippen molar-refractivity contribution in [3.8, 4) is 0 Å². The second kappa shape index (κ2) is 7.63. The Hall–Kier alpha value is -0.900. The van der Waals surface area contributed by atoms with E-state index in [9.17, 15) is 0 Å². The first-order chi connectivity index (χ1) is 9.00. The highest BCUT2D eigenvalue weighted by atomic mass is 15.3. The summed E-state index contributed by atoms with van der Waals surface area (Å²) in [5, 5.41) is 7.91. The van der Waals surface area contributed by atoms with E-state index in [0.717, 1.165) is 31.8 Å². The molecule has 19 heavy (non-hydrogen) atoms. The van der Waals surface area contributed by atoms with Gasteiger partial charge in [0, 0.05) is 25.6 Å². The molecule has 0 amide bonds. The predicted octanol–water partition coefficient (Wildman–Crippen LogP) is 3.04. The molecule has 0 aliphatic carbocycles. The van der Waals surface area contributed by atoms with Gasteiger partial charge in [0.25, 0.3) is 0 Å². The maximum absolute atomic E-state index is 4.45. The highest BCUT2D eigenvalue weighted by molar-refractivity contribution is 4.93. The summed E-state index contributed by atoms with van der Waals surface area (Å²) in [6, 6.07) is 0.532. The zero-order valence-corrected chi connectivity index (χ0v) is 13.2. The van der Waals surface area contributed by atoms with Gasteiger partial charge in [0.1, 0.15) is 12.2 Å². The van der Waals surface area contributed by atoms with Gasteiger partial charge < -0.3 is 5.32 Å². The molecule has 0 bridgehead atoms. The lowest BCUT2D eigenvalue weighted by Crippen LogP contribution is -2.37. The molecular formula is C15H30N4. The summed E-state index contributed by atoms with van der Waals surface area (Å²) in [5.74, 6) is 1.13. The van der Waals surface area contributed by atoms with E-state index < -0.39 is 0 Å². The van der Waals surface area contributed by atoms with Crippen LogP contribution in [-0.2, 0) is 13.0 Å². The van der Waals surface area contributed by atoms with Gasteiger partial charge in [-0.25, -0.2) is 4.98 Å². The van der Waals surface area contributed by atoms with Gasteiger partial charge in [-0.2, -0.15) is 5.10 Å². The van der Waals surface area contributed by atoms with Crippen LogP contribution < -0.4 is 5.32 Å². The molecule has 1 rings (SSSR count). The van der Waals surface area contributed by atoms with Crippen LogP contribution in [0.2, 0.25) is 0 Å². The standard InChI is InChI=1S/C15H30N4/c1-6-8-15(5,11-16-13(3)4)10-14-17-12-18-19(14)9-7-2/h12-13,16H,6-11H2,1-5H3. The lowest BCUT2D eigenvalue weighted by atomic mass is 9.81. The van der Waals surface area contributed by atoms with Crippen LogP contribution in [0.1, 0.15) is 59.7 Å². The first-order valence-electron chi connectivity index (χ1n) is 7.61. The molecule has 0 spiro atoms. The van der Waals surface area contributed by atoms with Crippen molar-refractivity contribution >= 4 is 0 Å². The zero-order chi connectivity index (χ0) is 14.3. The summed E-state index contributed by atoms with van der Waals surface area (Å²) < 4.78 is 2.06. The monoisotopic (exact) mass is 266 g/mol. The van der Waals surface area contributed by atoms with Crippen LogP contribution >= 0.6 is 0 Å². The fraction of sp³-hybridized carbons (Fsp3) is 0.867. The molecule has 110 valence electrons. The Morgan fingerprint density at radius 2 is 2.05 bits per heavy atom. The van der Waals surface area contributed by atoms with Crippen molar-refractivity contribution < 1.29 is 0 Å². The number of nitrogens with zero attached hydrogens (tertiary/aromatic N) is 3. The Morgan fingerprint density at radius 1 is 1.32 bits per heavy atom. The van der Waals surface area contributed by atoms with Crippen molar-refractivity contribution in [3.05, 3.63) is 12.2 Å². The molecule has 0 saturated heterocycles. The van der Waals surface area contributed by atoms with Crippen molar-refractivity contribution in [2.45, 2.75) is 72.9 Å². The van der Waals surface area contributed by atoms with Crippen LogP contribution in [0.3, 0.4) is 0 Å². The lowest BCUT2D eigenvalue weighted by molar-refractivity contribution is 0.257. The summed E-state index contributed by atoms with van der Waals surface area (Å²) in [7, 11) is 0. The topological polar surface area (TPSA) is 42.7 Å². The third-order valence-corrected chi connectivity index (χ3v) is 3.51. The molecule has 0 aromatic carbocycles. The van der Waals surface area contributed by atoms with Gasteiger partial charge in [-0.05, 0) is 18.3 Å². The average Bonchev–Trinajstić information content (AvgIpc) is 2.75. The summed E-state index contributed by atoms with van der Waals surface area (Å²) >= 11 is 0. The third kappa shape index (κ3) is 5.31. The van der Waals surface area contributed by atoms with Gasteiger partial charge in [0.15, 0.2) is 0 Å². The van der Waals surface area contributed by atoms with Crippen LogP contribution in [0.25, 0.3) is 0 Å². The summed E-state index contributed by atoms with van der Waals surface area (Å²) in [6.07, 6.45) is 6.21. The molecule has 0 aliphatic heterocycles. The fourth-order valence-electron chi connectivity index (χ4n) is 2.50. The van der Waals surface area contributed by atoms with Gasteiger partial charge in [-0.3, -0.25) is 4.68 Å². The smallest absolute Gasteiger partial charge is 0.138 e. The quantitative estimate of drug-likeness (QED) is 0.747. The molecule has 0 fully saturated rings. The molecule has 1 unspecified atom stereocenters. The molecule has 0 aliphatic rings. The minimum Gasteiger partial charge on any atom is -0.314 e. The Kier molecular flexibility index (Phi) is 6.49. The lowest BCUT2D eigenvalue weighted by Gasteiger charge is -2.30. The van der Waals surface area contributed by atoms with Crippen molar-refractivity contribution in [2.24, 2.45) is 5.41 Å².